The highest BCUT2D eigenvalue weighted by Crippen LogP contribution is 2.24. The van der Waals surface area contributed by atoms with Gasteiger partial charge in [-0.25, -0.2) is 9.97 Å². The Balaban J connectivity index is 1.63. The highest BCUT2D eigenvalue weighted by molar-refractivity contribution is 7.11. The van der Waals surface area contributed by atoms with Crippen LogP contribution < -0.4 is 10.6 Å². The first-order valence-corrected chi connectivity index (χ1v) is 9.72. The standard InChI is InChI=1S/C18H27N5OS/c1-11(2)17-14(6-5-9-24-17)22-16-7-8-19-18(23-16)20-10-15-12(3)21-13(4)25-15/h7-8,11,14,17H,5-6,9-10H2,1-4H3,(H2,19,20,22,23). The lowest BCUT2D eigenvalue weighted by Crippen LogP contribution is -2.43. The average Bonchev–Trinajstić information content (AvgIpc) is 2.91. The van der Waals surface area contributed by atoms with Gasteiger partial charge < -0.3 is 15.4 Å². The van der Waals surface area contributed by atoms with Crippen LogP contribution in [0.3, 0.4) is 0 Å². The Morgan fingerprint density at radius 2 is 2.16 bits per heavy atom. The van der Waals surface area contributed by atoms with Gasteiger partial charge in [-0.15, -0.1) is 11.3 Å². The molecule has 1 aliphatic rings. The van der Waals surface area contributed by atoms with E-state index < -0.39 is 0 Å². The van der Waals surface area contributed by atoms with Crippen LogP contribution in [0.4, 0.5) is 11.8 Å². The predicted octanol–water partition coefficient (Wildman–Crippen LogP) is 3.78. The molecule has 1 saturated heterocycles. The zero-order valence-corrected chi connectivity index (χ0v) is 16.2. The summed E-state index contributed by atoms with van der Waals surface area (Å²) in [4.78, 5) is 14.6. The van der Waals surface area contributed by atoms with Gasteiger partial charge in [0.05, 0.1) is 29.4 Å². The van der Waals surface area contributed by atoms with Gasteiger partial charge in [0.15, 0.2) is 0 Å². The van der Waals surface area contributed by atoms with E-state index in [9.17, 15) is 0 Å². The molecule has 0 spiro atoms. The van der Waals surface area contributed by atoms with Crippen molar-refractivity contribution in [3.63, 3.8) is 0 Å². The molecule has 2 aromatic rings. The van der Waals surface area contributed by atoms with Gasteiger partial charge in [0.1, 0.15) is 5.82 Å². The number of nitrogens with zero attached hydrogens (tertiary/aromatic N) is 3. The molecule has 25 heavy (non-hydrogen) atoms. The predicted molar refractivity (Wildman–Crippen MR) is 102 cm³/mol. The van der Waals surface area contributed by atoms with Crippen LogP contribution >= 0.6 is 11.3 Å². The fourth-order valence-corrected chi connectivity index (χ4v) is 4.10. The van der Waals surface area contributed by atoms with Gasteiger partial charge >= 0.3 is 0 Å². The molecule has 2 N–H and O–H groups in total. The van der Waals surface area contributed by atoms with E-state index in [-0.39, 0.29) is 6.10 Å². The molecule has 6 nitrogen and oxygen atoms in total. The van der Waals surface area contributed by atoms with Crippen molar-refractivity contribution in [2.75, 3.05) is 17.2 Å². The number of rotatable bonds is 6. The summed E-state index contributed by atoms with van der Waals surface area (Å²) >= 11 is 1.71. The van der Waals surface area contributed by atoms with Gasteiger partial charge in [-0.2, -0.15) is 4.98 Å². The maximum absolute atomic E-state index is 5.95. The second kappa shape index (κ2) is 8.10. The number of aromatic nitrogens is 3. The highest BCUT2D eigenvalue weighted by atomic mass is 32.1. The maximum atomic E-state index is 5.95. The quantitative estimate of drug-likeness (QED) is 0.816. The van der Waals surface area contributed by atoms with E-state index in [1.807, 2.05) is 19.9 Å². The summed E-state index contributed by atoms with van der Waals surface area (Å²) < 4.78 is 5.95. The van der Waals surface area contributed by atoms with Crippen LogP contribution in [0.1, 0.15) is 42.3 Å². The molecule has 1 fully saturated rings. The smallest absolute Gasteiger partial charge is 0.224 e. The zero-order valence-electron chi connectivity index (χ0n) is 15.4. The second-order valence-corrected chi connectivity index (χ2v) is 8.12. The maximum Gasteiger partial charge on any atom is 0.224 e. The number of nitrogens with one attached hydrogen (secondary N) is 2. The molecule has 136 valence electrons. The molecule has 7 heteroatoms. The monoisotopic (exact) mass is 361 g/mol. The average molecular weight is 362 g/mol. The van der Waals surface area contributed by atoms with Crippen molar-refractivity contribution in [1.29, 1.82) is 0 Å². The SMILES string of the molecule is Cc1nc(C)c(CNc2nccc(NC3CCCOC3C(C)C)n2)s1. The van der Waals surface area contributed by atoms with Crippen LogP contribution in [0.5, 0.6) is 0 Å². The summed E-state index contributed by atoms with van der Waals surface area (Å²) in [7, 11) is 0. The minimum Gasteiger partial charge on any atom is -0.376 e. The van der Waals surface area contributed by atoms with Gasteiger partial charge in [0.2, 0.25) is 5.95 Å². The topological polar surface area (TPSA) is 72.0 Å². The van der Waals surface area contributed by atoms with Crippen LogP contribution in [-0.2, 0) is 11.3 Å². The van der Waals surface area contributed by atoms with E-state index in [0.29, 0.717) is 24.5 Å². The largest absolute Gasteiger partial charge is 0.376 e. The van der Waals surface area contributed by atoms with Crippen molar-refractivity contribution in [3.8, 4) is 0 Å². The van der Waals surface area contributed by atoms with E-state index in [0.717, 1.165) is 36.0 Å². The summed E-state index contributed by atoms with van der Waals surface area (Å²) in [6.45, 7) is 10.0. The lowest BCUT2D eigenvalue weighted by Gasteiger charge is -2.35. The summed E-state index contributed by atoms with van der Waals surface area (Å²) in [6.07, 6.45) is 4.20. The Hall–Kier alpha value is -1.73. The van der Waals surface area contributed by atoms with Gasteiger partial charge in [-0.05, 0) is 38.7 Å². The number of hydrogen-bond acceptors (Lipinski definition) is 7. The van der Waals surface area contributed by atoms with E-state index >= 15 is 0 Å². The molecule has 0 aromatic carbocycles. The van der Waals surface area contributed by atoms with Crippen molar-refractivity contribution >= 4 is 23.1 Å². The molecule has 2 unspecified atom stereocenters. The molecule has 2 atom stereocenters. The zero-order chi connectivity index (χ0) is 17.8. The Morgan fingerprint density at radius 3 is 2.88 bits per heavy atom. The lowest BCUT2D eigenvalue weighted by atomic mass is 9.94. The Morgan fingerprint density at radius 1 is 1.32 bits per heavy atom. The first kappa shape index (κ1) is 18.1. The Labute approximate surface area is 153 Å². The molecular formula is C18H27N5OS. The summed E-state index contributed by atoms with van der Waals surface area (Å²) in [5.41, 5.74) is 1.07. The van der Waals surface area contributed by atoms with Crippen LogP contribution in [0.15, 0.2) is 12.3 Å². The van der Waals surface area contributed by atoms with Crippen molar-refractivity contribution in [2.45, 2.75) is 59.2 Å². The molecule has 0 saturated carbocycles. The highest BCUT2D eigenvalue weighted by Gasteiger charge is 2.28. The molecule has 0 bridgehead atoms. The first-order chi connectivity index (χ1) is 12.0. The summed E-state index contributed by atoms with van der Waals surface area (Å²) in [5.74, 6) is 1.96. The number of ether oxygens (including phenoxy) is 1. The molecule has 2 aromatic heterocycles. The van der Waals surface area contributed by atoms with Crippen LogP contribution in [-0.4, -0.2) is 33.7 Å². The molecule has 3 heterocycles. The van der Waals surface area contributed by atoms with Crippen LogP contribution in [0, 0.1) is 19.8 Å². The number of aryl methyl sites for hydroxylation is 2. The normalized spacial score (nSPS) is 20.7. The minimum absolute atomic E-state index is 0.225. The van der Waals surface area contributed by atoms with Gasteiger partial charge in [0.25, 0.3) is 0 Å². The lowest BCUT2D eigenvalue weighted by molar-refractivity contribution is -0.0203. The van der Waals surface area contributed by atoms with Crippen LogP contribution in [0.25, 0.3) is 0 Å². The third-order valence-electron chi connectivity index (χ3n) is 4.42. The Bertz CT molecular complexity index is 703. The molecule has 3 rings (SSSR count). The third kappa shape index (κ3) is 4.67. The van der Waals surface area contributed by atoms with Crippen molar-refractivity contribution < 1.29 is 4.74 Å². The van der Waals surface area contributed by atoms with Crippen molar-refractivity contribution in [1.82, 2.24) is 15.0 Å². The number of thiazole rings is 1. The number of hydrogen-bond donors (Lipinski definition) is 2. The second-order valence-electron chi connectivity index (χ2n) is 6.83. The molecule has 0 amide bonds. The van der Waals surface area contributed by atoms with Gasteiger partial charge in [-0.3, -0.25) is 0 Å². The fourth-order valence-electron chi connectivity index (χ4n) is 3.23. The first-order valence-electron chi connectivity index (χ1n) is 8.91. The van der Waals surface area contributed by atoms with E-state index in [4.69, 9.17) is 4.74 Å². The summed E-state index contributed by atoms with van der Waals surface area (Å²) in [5, 5.41) is 7.93. The molecule has 0 radical (unpaired) electrons. The van der Waals surface area contributed by atoms with Gasteiger partial charge in [-0.1, -0.05) is 13.8 Å². The van der Waals surface area contributed by atoms with E-state index in [1.54, 1.807) is 17.5 Å². The van der Waals surface area contributed by atoms with Gasteiger partial charge in [0, 0.05) is 17.7 Å². The fraction of sp³-hybridized carbons (Fsp3) is 0.611. The van der Waals surface area contributed by atoms with Crippen LogP contribution in [0.2, 0.25) is 0 Å². The van der Waals surface area contributed by atoms with E-state index in [1.165, 1.54) is 4.88 Å². The van der Waals surface area contributed by atoms with E-state index in [2.05, 4.69) is 39.4 Å². The third-order valence-corrected chi connectivity index (χ3v) is 5.49. The summed E-state index contributed by atoms with van der Waals surface area (Å²) in [6, 6.07) is 2.21. The minimum atomic E-state index is 0.225. The molecule has 0 aliphatic carbocycles. The molecular weight excluding hydrogens is 334 g/mol. The van der Waals surface area contributed by atoms with Crippen molar-refractivity contribution in [2.24, 2.45) is 5.92 Å². The van der Waals surface area contributed by atoms with Crippen molar-refractivity contribution in [3.05, 3.63) is 27.8 Å². The Kier molecular flexibility index (Phi) is 5.86. The molecule has 1 aliphatic heterocycles. The number of anilines is 2.